The van der Waals surface area contributed by atoms with E-state index in [2.05, 4.69) is 17.1 Å². The van der Waals surface area contributed by atoms with Crippen LogP contribution in [0, 0.1) is 11.8 Å². The molecule has 2 aliphatic carbocycles. The van der Waals surface area contributed by atoms with Crippen molar-refractivity contribution in [1.82, 2.24) is 10.2 Å². The Morgan fingerprint density at radius 3 is 2.00 bits per heavy atom. The Morgan fingerprint density at radius 1 is 1.00 bits per heavy atom. The van der Waals surface area contributed by atoms with Crippen LogP contribution >= 0.6 is 0 Å². The summed E-state index contributed by atoms with van der Waals surface area (Å²) in [5.41, 5.74) is 0. The summed E-state index contributed by atoms with van der Waals surface area (Å²) in [5, 5.41) is 4.00. The third-order valence-corrected chi connectivity index (χ3v) is 4.72. The molecule has 3 aliphatic rings. The fourth-order valence-electron chi connectivity index (χ4n) is 3.26. The van der Waals surface area contributed by atoms with Gasteiger partial charge in [-0.3, -0.25) is 0 Å². The van der Waals surface area contributed by atoms with Gasteiger partial charge < -0.3 is 10.2 Å². The molecule has 0 atom stereocenters. The number of hydrogen-bond acceptors (Lipinski definition) is 2. The van der Waals surface area contributed by atoms with Crippen molar-refractivity contribution in [2.45, 2.75) is 57.5 Å². The topological polar surface area (TPSA) is 15.3 Å². The molecule has 0 aromatic rings. The molecule has 92 valence electrons. The molecule has 3 fully saturated rings. The van der Waals surface area contributed by atoms with E-state index in [1.807, 2.05) is 0 Å². The molecular formula is C14H26N2. The van der Waals surface area contributed by atoms with E-state index in [4.69, 9.17) is 0 Å². The normalized spacial score (nSPS) is 28.9. The monoisotopic (exact) mass is 222 g/mol. The average Bonchev–Trinajstić information content (AvgIpc) is 3.19. The molecule has 1 N–H and O–H groups in total. The van der Waals surface area contributed by atoms with Gasteiger partial charge in [0.15, 0.2) is 0 Å². The van der Waals surface area contributed by atoms with Crippen molar-refractivity contribution >= 4 is 0 Å². The molecule has 0 aromatic heterocycles. The van der Waals surface area contributed by atoms with Gasteiger partial charge in [-0.2, -0.15) is 0 Å². The zero-order valence-electron chi connectivity index (χ0n) is 10.6. The highest BCUT2D eigenvalue weighted by Crippen LogP contribution is 2.44. The highest BCUT2D eigenvalue weighted by Gasteiger charge is 2.42. The van der Waals surface area contributed by atoms with Crippen molar-refractivity contribution in [3.63, 3.8) is 0 Å². The minimum atomic E-state index is 0.828. The maximum atomic E-state index is 4.00. The molecule has 3 rings (SSSR count). The summed E-state index contributed by atoms with van der Waals surface area (Å²) >= 11 is 0. The van der Waals surface area contributed by atoms with E-state index in [0.717, 1.165) is 23.9 Å². The first-order chi connectivity index (χ1) is 7.86. The van der Waals surface area contributed by atoms with Gasteiger partial charge in [-0.05, 0) is 70.0 Å². The predicted octanol–water partition coefficient (Wildman–Crippen LogP) is 2.25. The molecule has 2 saturated carbocycles. The summed E-state index contributed by atoms with van der Waals surface area (Å²) < 4.78 is 0. The van der Waals surface area contributed by atoms with Gasteiger partial charge in [-0.1, -0.05) is 6.92 Å². The SMILES string of the molecule is CCN1CCC(NC(C2CC2)C2CC2)CC1. The molecule has 0 unspecified atom stereocenters. The van der Waals surface area contributed by atoms with Gasteiger partial charge in [-0.25, -0.2) is 0 Å². The molecule has 0 radical (unpaired) electrons. The van der Waals surface area contributed by atoms with Gasteiger partial charge in [0.1, 0.15) is 0 Å². The third kappa shape index (κ3) is 2.60. The third-order valence-electron chi connectivity index (χ3n) is 4.72. The smallest absolute Gasteiger partial charge is 0.0126 e. The number of likely N-dealkylation sites (tertiary alicyclic amines) is 1. The van der Waals surface area contributed by atoms with Crippen LogP contribution in [0.2, 0.25) is 0 Å². The molecule has 0 bridgehead atoms. The number of nitrogens with one attached hydrogen (secondary N) is 1. The van der Waals surface area contributed by atoms with Crippen LogP contribution in [0.5, 0.6) is 0 Å². The fourth-order valence-corrected chi connectivity index (χ4v) is 3.26. The Kier molecular flexibility index (Phi) is 3.21. The second-order valence-electron chi connectivity index (χ2n) is 6.08. The summed E-state index contributed by atoms with van der Waals surface area (Å²) in [6.07, 6.45) is 8.77. The zero-order valence-corrected chi connectivity index (χ0v) is 10.6. The van der Waals surface area contributed by atoms with E-state index < -0.39 is 0 Å². The molecule has 16 heavy (non-hydrogen) atoms. The second-order valence-corrected chi connectivity index (χ2v) is 6.08. The molecule has 0 spiro atoms. The Labute approximate surface area is 99.8 Å². The van der Waals surface area contributed by atoms with Gasteiger partial charge in [0, 0.05) is 12.1 Å². The first-order valence-corrected chi connectivity index (χ1v) is 7.35. The fraction of sp³-hybridized carbons (Fsp3) is 1.00. The predicted molar refractivity (Wildman–Crippen MR) is 67.5 cm³/mol. The molecule has 1 saturated heterocycles. The molecule has 2 nitrogen and oxygen atoms in total. The standard InChI is InChI=1S/C14H26N2/c1-2-16-9-7-13(8-10-16)15-14(11-3-4-11)12-5-6-12/h11-15H,2-10H2,1H3. The van der Waals surface area contributed by atoms with Crippen molar-refractivity contribution < 1.29 is 0 Å². The summed E-state index contributed by atoms with van der Waals surface area (Å²) in [4.78, 5) is 2.58. The van der Waals surface area contributed by atoms with E-state index in [1.165, 1.54) is 58.2 Å². The van der Waals surface area contributed by atoms with Crippen molar-refractivity contribution in [2.24, 2.45) is 11.8 Å². The Hall–Kier alpha value is -0.0800. The minimum Gasteiger partial charge on any atom is -0.311 e. The molecule has 2 heteroatoms. The highest BCUT2D eigenvalue weighted by molar-refractivity contribution is 4.98. The zero-order chi connectivity index (χ0) is 11.0. The summed E-state index contributed by atoms with van der Waals surface area (Å²) in [7, 11) is 0. The van der Waals surface area contributed by atoms with Gasteiger partial charge in [0.05, 0.1) is 0 Å². The van der Waals surface area contributed by atoms with E-state index in [9.17, 15) is 0 Å². The largest absolute Gasteiger partial charge is 0.311 e. The number of hydrogen-bond donors (Lipinski definition) is 1. The van der Waals surface area contributed by atoms with Crippen LogP contribution in [0.25, 0.3) is 0 Å². The Morgan fingerprint density at radius 2 is 1.56 bits per heavy atom. The Balaban J connectivity index is 1.46. The molecule has 0 aromatic carbocycles. The second kappa shape index (κ2) is 4.66. The van der Waals surface area contributed by atoms with Crippen molar-refractivity contribution in [1.29, 1.82) is 0 Å². The maximum Gasteiger partial charge on any atom is 0.0126 e. The van der Waals surface area contributed by atoms with Crippen LogP contribution in [0.15, 0.2) is 0 Å². The summed E-state index contributed by atoms with van der Waals surface area (Å²) in [6, 6.07) is 1.73. The van der Waals surface area contributed by atoms with Crippen LogP contribution in [0.4, 0.5) is 0 Å². The van der Waals surface area contributed by atoms with Crippen LogP contribution < -0.4 is 5.32 Å². The van der Waals surface area contributed by atoms with Crippen molar-refractivity contribution in [2.75, 3.05) is 19.6 Å². The van der Waals surface area contributed by atoms with Gasteiger partial charge in [0.25, 0.3) is 0 Å². The number of nitrogens with zero attached hydrogens (tertiary/aromatic N) is 1. The summed E-state index contributed by atoms with van der Waals surface area (Å²) in [5.74, 6) is 2.11. The average molecular weight is 222 g/mol. The van der Waals surface area contributed by atoms with Crippen molar-refractivity contribution in [3.05, 3.63) is 0 Å². The van der Waals surface area contributed by atoms with Gasteiger partial charge in [0.2, 0.25) is 0 Å². The lowest BCUT2D eigenvalue weighted by atomic mass is 10.0. The number of rotatable bonds is 5. The van der Waals surface area contributed by atoms with E-state index in [1.54, 1.807) is 0 Å². The van der Waals surface area contributed by atoms with Crippen LogP contribution in [-0.2, 0) is 0 Å². The molecular weight excluding hydrogens is 196 g/mol. The quantitative estimate of drug-likeness (QED) is 0.767. The Bertz CT molecular complexity index is 213. The molecule has 0 amide bonds. The molecule has 1 heterocycles. The van der Waals surface area contributed by atoms with Crippen LogP contribution in [0.1, 0.15) is 45.4 Å². The van der Waals surface area contributed by atoms with E-state index in [0.29, 0.717) is 0 Å². The first-order valence-electron chi connectivity index (χ1n) is 7.35. The lowest BCUT2D eigenvalue weighted by molar-refractivity contribution is 0.191. The van der Waals surface area contributed by atoms with Gasteiger partial charge in [-0.15, -0.1) is 0 Å². The lowest BCUT2D eigenvalue weighted by Crippen LogP contribution is -2.47. The first kappa shape index (κ1) is 11.0. The summed E-state index contributed by atoms with van der Waals surface area (Å²) in [6.45, 7) is 6.15. The number of piperidine rings is 1. The lowest BCUT2D eigenvalue weighted by Gasteiger charge is -2.34. The van der Waals surface area contributed by atoms with E-state index >= 15 is 0 Å². The minimum absolute atomic E-state index is 0.828. The van der Waals surface area contributed by atoms with Crippen molar-refractivity contribution in [3.8, 4) is 0 Å². The van der Waals surface area contributed by atoms with E-state index in [-0.39, 0.29) is 0 Å². The van der Waals surface area contributed by atoms with Crippen LogP contribution in [0.3, 0.4) is 0 Å². The van der Waals surface area contributed by atoms with Crippen LogP contribution in [-0.4, -0.2) is 36.6 Å². The molecule has 1 aliphatic heterocycles. The maximum absolute atomic E-state index is 4.00. The van der Waals surface area contributed by atoms with Gasteiger partial charge >= 0.3 is 0 Å². The highest BCUT2D eigenvalue weighted by atomic mass is 15.1.